The Balaban J connectivity index is 1.04. The van der Waals surface area contributed by atoms with E-state index in [2.05, 4.69) is 203 Å². The molecule has 4 aromatic heterocycles. The largest absolute Gasteiger partial charge is 0.309 e. The van der Waals surface area contributed by atoms with Crippen molar-refractivity contribution in [1.82, 2.24) is 9.13 Å². The van der Waals surface area contributed by atoms with E-state index in [4.69, 9.17) is 0 Å². The summed E-state index contributed by atoms with van der Waals surface area (Å²) in [4.78, 5) is 0. The van der Waals surface area contributed by atoms with Gasteiger partial charge in [0, 0.05) is 73.3 Å². The molecule has 0 saturated carbocycles. The van der Waals surface area contributed by atoms with Gasteiger partial charge >= 0.3 is 0 Å². The van der Waals surface area contributed by atoms with Gasteiger partial charge in [-0.2, -0.15) is 0 Å². The van der Waals surface area contributed by atoms with Gasteiger partial charge in [0.15, 0.2) is 0 Å². The summed E-state index contributed by atoms with van der Waals surface area (Å²) in [5, 5.41) is 10.3. The minimum atomic E-state index is 1.15. The molecule has 0 bridgehead atoms. The highest BCUT2D eigenvalue weighted by molar-refractivity contribution is 7.26. The quantitative estimate of drug-likeness (QED) is 0.169. The van der Waals surface area contributed by atoms with Crippen molar-refractivity contribution in [3.8, 4) is 33.6 Å². The van der Waals surface area contributed by atoms with Gasteiger partial charge in [0.1, 0.15) is 0 Å². The first-order valence-electron chi connectivity index (χ1n) is 19.8. The molecule has 13 aromatic rings. The number of thiophene rings is 2. The van der Waals surface area contributed by atoms with Crippen molar-refractivity contribution in [3.05, 3.63) is 194 Å². The predicted molar refractivity (Wildman–Crippen MR) is 252 cm³/mol. The Morgan fingerprint density at radius 1 is 0.276 bits per heavy atom. The molecule has 0 radical (unpaired) electrons. The van der Waals surface area contributed by atoms with E-state index in [1.165, 1.54) is 106 Å². The first-order chi connectivity index (χ1) is 28.8. The van der Waals surface area contributed by atoms with Crippen LogP contribution in [0, 0.1) is 0 Å². The number of nitrogens with zero attached hydrogens (tertiary/aromatic N) is 2. The third-order valence-corrected chi connectivity index (χ3v) is 14.6. The average Bonchev–Trinajstić information content (AvgIpc) is 4.03. The Morgan fingerprint density at radius 2 is 0.759 bits per heavy atom. The molecular formula is C54H32N2S2. The van der Waals surface area contributed by atoms with E-state index >= 15 is 0 Å². The van der Waals surface area contributed by atoms with Gasteiger partial charge in [-0.25, -0.2) is 0 Å². The molecule has 4 heteroatoms. The number of para-hydroxylation sites is 2. The minimum absolute atomic E-state index is 1.15. The summed E-state index contributed by atoms with van der Waals surface area (Å²) in [6, 6.07) is 71.8. The Bertz CT molecular complexity index is 3780. The van der Waals surface area contributed by atoms with Crippen molar-refractivity contribution in [2.24, 2.45) is 0 Å². The van der Waals surface area contributed by atoms with E-state index in [0.717, 1.165) is 11.4 Å². The number of rotatable bonds is 4. The Labute approximate surface area is 341 Å². The van der Waals surface area contributed by atoms with Crippen LogP contribution in [0.1, 0.15) is 0 Å². The molecule has 0 spiro atoms. The molecule has 0 amide bonds. The predicted octanol–water partition coefficient (Wildman–Crippen LogP) is 16.0. The maximum Gasteiger partial charge on any atom is 0.0562 e. The fourth-order valence-corrected chi connectivity index (χ4v) is 12.0. The van der Waals surface area contributed by atoms with Crippen LogP contribution >= 0.6 is 22.7 Å². The molecule has 0 aliphatic rings. The van der Waals surface area contributed by atoms with Gasteiger partial charge in [0.25, 0.3) is 0 Å². The first kappa shape index (κ1) is 32.1. The van der Waals surface area contributed by atoms with E-state index in [-0.39, 0.29) is 0 Å². The molecule has 0 fully saturated rings. The topological polar surface area (TPSA) is 9.86 Å². The van der Waals surface area contributed by atoms with Crippen molar-refractivity contribution in [2.45, 2.75) is 0 Å². The Hall–Kier alpha value is -6.98. The van der Waals surface area contributed by atoms with Gasteiger partial charge in [-0.15, -0.1) is 22.7 Å². The van der Waals surface area contributed by atoms with Crippen LogP contribution in [-0.2, 0) is 0 Å². The number of benzene rings is 9. The third kappa shape index (κ3) is 4.58. The van der Waals surface area contributed by atoms with Crippen LogP contribution in [0.15, 0.2) is 194 Å². The van der Waals surface area contributed by atoms with Crippen molar-refractivity contribution in [3.63, 3.8) is 0 Å². The van der Waals surface area contributed by atoms with Crippen LogP contribution in [0.3, 0.4) is 0 Å². The Kier molecular flexibility index (Phi) is 6.79. The van der Waals surface area contributed by atoms with E-state index in [9.17, 15) is 0 Å². The maximum absolute atomic E-state index is 2.45. The molecule has 2 nitrogen and oxygen atoms in total. The fraction of sp³-hybridized carbons (Fsp3) is 0. The molecule has 0 atom stereocenters. The van der Waals surface area contributed by atoms with Crippen LogP contribution in [0.2, 0.25) is 0 Å². The van der Waals surface area contributed by atoms with Crippen LogP contribution in [-0.4, -0.2) is 9.13 Å². The monoisotopic (exact) mass is 772 g/mol. The van der Waals surface area contributed by atoms with Crippen LogP contribution < -0.4 is 0 Å². The summed E-state index contributed by atoms with van der Waals surface area (Å²) >= 11 is 3.78. The summed E-state index contributed by atoms with van der Waals surface area (Å²) in [5.74, 6) is 0. The summed E-state index contributed by atoms with van der Waals surface area (Å²) in [6.07, 6.45) is 0. The molecule has 58 heavy (non-hydrogen) atoms. The molecule has 0 saturated heterocycles. The van der Waals surface area contributed by atoms with Crippen LogP contribution in [0.4, 0.5) is 0 Å². The van der Waals surface area contributed by atoms with E-state index in [1.54, 1.807) is 0 Å². The van der Waals surface area contributed by atoms with E-state index in [0.29, 0.717) is 0 Å². The van der Waals surface area contributed by atoms with Gasteiger partial charge in [-0.05, 0) is 89.0 Å². The van der Waals surface area contributed by atoms with Gasteiger partial charge in [-0.3, -0.25) is 0 Å². The normalized spacial score (nSPS) is 12.1. The van der Waals surface area contributed by atoms with Crippen molar-refractivity contribution in [1.29, 1.82) is 0 Å². The summed E-state index contributed by atoms with van der Waals surface area (Å²) in [7, 11) is 0. The third-order valence-electron chi connectivity index (χ3n) is 12.1. The zero-order valence-corrected chi connectivity index (χ0v) is 32.8. The number of aromatic nitrogens is 2. The van der Waals surface area contributed by atoms with Gasteiger partial charge < -0.3 is 9.13 Å². The molecule has 13 rings (SSSR count). The lowest BCUT2D eigenvalue weighted by Crippen LogP contribution is -1.96. The molecule has 0 N–H and O–H groups in total. The zero-order valence-electron chi connectivity index (χ0n) is 31.2. The second kappa shape index (κ2) is 12.3. The van der Waals surface area contributed by atoms with Gasteiger partial charge in [0.05, 0.1) is 22.1 Å². The first-order valence-corrected chi connectivity index (χ1v) is 21.4. The summed E-state index contributed by atoms with van der Waals surface area (Å²) < 4.78 is 10.2. The molecule has 9 aromatic carbocycles. The smallest absolute Gasteiger partial charge is 0.0562 e. The standard InChI is InChI=1S/C54H32N2S2/c1-2-12-35(13-3-1)55-48-29-26-34(38-18-11-20-43-41-16-6-9-23-52(41)58-54(38)43)30-44(48)46-31-45-39-14-4-7-21-47(39)56(49(45)32-50(46)55)36-27-24-33(25-28-36)37-17-10-19-42-40-15-5-8-22-51(40)57-53(37)42/h1-32H. The molecule has 0 aliphatic carbocycles. The highest BCUT2D eigenvalue weighted by Gasteiger charge is 2.20. The SMILES string of the molecule is c1ccc(-n2c3ccc(-c4cccc5c4sc4ccccc45)cc3c3cc4c5ccccc5n(-c5ccc(-c6cccc7c6sc6ccccc67)cc5)c4cc32)cc1. The number of hydrogen-bond donors (Lipinski definition) is 0. The fourth-order valence-electron chi connectivity index (χ4n) is 9.52. The molecule has 4 heterocycles. The lowest BCUT2D eigenvalue weighted by molar-refractivity contribution is 1.16. The molecule has 0 unspecified atom stereocenters. The highest BCUT2D eigenvalue weighted by Crippen LogP contribution is 2.45. The second-order valence-corrected chi connectivity index (χ2v) is 17.4. The molecule has 270 valence electrons. The molecular weight excluding hydrogens is 741 g/mol. The van der Waals surface area contributed by atoms with E-state index < -0.39 is 0 Å². The van der Waals surface area contributed by atoms with Gasteiger partial charge in [-0.1, -0.05) is 127 Å². The summed E-state index contributed by atoms with van der Waals surface area (Å²) in [5.41, 5.74) is 12.2. The maximum atomic E-state index is 2.45. The lowest BCUT2D eigenvalue weighted by atomic mass is 10.00. The molecule has 0 aliphatic heterocycles. The van der Waals surface area contributed by atoms with Crippen molar-refractivity contribution in [2.75, 3.05) is 0 Å². The van der Waals surface area contributed by atoms with Gasteiger partial charge in [0.2, 0.25) is 0 Å². The number of fused-ring (bicyclic) bond motifs is 12. The average molecular weight is 773 g/mol. The zero-order chi connectivity index (χ0) is 37.9. The summed E-state index contributed by atoms with van der Waals surface area (Å²) in [6.45, 7) is 0. The van der Waals surface area contributed by atoms with Crippen LogP contribution in [0.25, 0.3) is 118 Å². The van der Waals surface area contributed by atoms with Crippen LogP contribution in [0.5, 0.6) is 0 Å². The van der Waals surface area contributed by atoms with Crippen molar-refractivity contribution >= 4 is 107 Å². The highest BCUT2D eigenvalue weighted by atomic mass is 32.1. The lowest BCUT2D eigenvalue weighted by Gasteiger charge is -2.11. The minimum Gasteiger partial charge on any atom is -0.309 e. The number of hydrogen-bond acceptors (Lipinski definition) is 2. The van der Waals surface area contributed by atoms with Crippen molar-refractivity contribution < 1.29 is 0 Å². The Morgan fingerprint density at radius 3 is 1.43 bits per heavy atom. The second-order valence-electron chi connectivity index (χ2n) is 15.2. The van der Waals surface area contributed by atoms with E-state index in [1.807, 2.05) is 22.7 Å².